The van der Waals surface area contributed by atoms with Crippen molar-refractivity contribution in [3.8, 4) is 11.5 Å². The lowest BCUT2D eigenvalue weighted by molar-refractivity contribution is -0.112. The highest BCUT2D eigenvalue weighted by Crippen LogP contribution is 2.38. The van der Waals surface area contributed by atoms with E-state index in [1.54, 1.807) is 25.1 Å². The zero-order chi connectivity index (χ0) is 12.2. The summed E-state index contributed by atoms with van der Waals surface area (Å²) in [6.07, 6.45) is 0.662. The Bertz CT molecular complexity index is 349. The zero-order valence-electron chi connectivity index (χ0n) is 9.69. The Kier molecular flexibility index (Phi) is 3.90. The standard InChI is InChI=1S/C12H16O4/c1-12(14,7-8-13)11-9(15-2)5-4-6-10(11)16-3/h4-6,8,14H,7H2,1-3H3. The van der Waals surface area contributed by atoms with E-state index in [-0.39, 0.29) is 6.42 Å². The van der Waals surface area contributed by atoms with Crippen LogP contribution in [-0.4, -0.2) is 25.6 Å². The minimum Gasteiger partial charge on any atom is -0.496 e. The van der Waals surface area contributed by atoms with Crippen LogP contribution in [0.2, 0.25) is 0 Å². The number of methoxy groups -OCH3 is 2. The van der Waals surface area contributed by atoms with Gasteiger partial charge in [0.2, 0.25) is 0 Å². The van der Waals surface area contributed by atoms with Crippen LogP contribution < -0.4 is 9.47 Å². The number of aliphatic hydroxyl groups is 1. The third-order valence-corrected chi connectivity index (χ3v) is 2.45. The molecule has 1 aromatic carbocycles. The molecule has 1 unspecified atom stereocenters. The molecule has 0 fully saturated rings. The Balaban J connectivity index is 3.32. The Morgan fingerprint density at radius 2 is 1.81 bits per heavy atom. The second-order valence-electron chi connectivity index (χ2n) is 3.68. The fourth-order valence-corrected chi connectivity index (χ4v) is 1.65. The molecule has 1 rings (SSSR count). The third-order valence-electron chi connectivity index (χ3n) is 2.45. The van der Waals surface area contributed by atoms with Crippen molar-refractivity contribution in [2.45, 2.75) is 18.9 Å². The van der Waals surface area contributed by atoms with Crippen LogP contribution in [0.3, 0.4) is 0 Å². The van der Waals surface area contributed by atoms with E-state index in [9.17, 15) is 9.90 Å². The van der Waals surface area contributed by atoms with E-state index in [2.05, 4.69) is 0 Å². The third kappa shape index (κ3) is 2.33. The molecule has 1 atom stereocenters. The number of hydrogen-bond acceptors (Lipinski definition) is 4. The predicted molar refractivity (Wildman–Crippen MR) is 59.8 cm³/mol. The van der Waals surface area contributed by atoms with E-state index >= 15 is 0 Å². The summed E-state index contributed by atoms with van der Waals surface area (Å²) in [6.45, 7) is 1.56. The molecule has 0 saturated carbocycles. The van der Waals surface area contributed by atoms with E-state index in [1.807, 2.05) is 0 Å². The monoisotopic (exact) mass is 224 g/mol. The SMILES string of the molecule is COc1cccc(OC)c1C(C)(O)CC=O. The highest BCUT2D eigenvalue weighted by atomic mass is 16.5. The first kappa shape index (κ1) is 12.5. The van der Waals surface area contributed by atoms with Crippen LogP contribution >= 0.6 is 0 Å². The summed E-state index contributed by atoms with van der Waals surface area (Å²) in [5.41, 5.74) is -0.799. The zero-order valence-corrected chi connectivity index (χ0v) is 9.69. The molecule has 0 aliphatic heterocycles. The highest BCUT2D eigenvalue weighted by Gasteiger charge is 2.30. The molecule has 0 spiro atoms. The molecule has 0 bridgehead atoms. The van der Waals surface area contributed by atoms with Crippen molar-refractivity contribution < 1.29 is 19.4 Å². The number of hydrogen-bond donors (Lipinski definition) is 1. The van der Waals surface area contributed by atoms with Gasteiger partial charge in [0.05, 0.1) is 19.8 Å². The number of benzene rings is 1. The van der Waals surface area contributed by atoms with Gasteiger partial charge in [-0.1, -0.05) is 6.07 Å². The molecule has 4 nitrogen and oxygen atoms in total. The Hall–Kier alpha value is -1.55. The van der Waals surface area contributed by atoms with Gasteiger partial charge in [0.25, 0.3) is 0 Å². The van der Waals surface area contributed by atoms with Crippen LogP contribution in [0.4, 0.5) is 0 Å². The van der Waals surface area contributed by atoms with Crippen molar-refractivity contribution in [2.75, 3.05) is 14.2 Å². The van der Waals surface area contributed by atoms with E-state index < -0.39 is 5.60 Å². The number of carbonyl (C=O) groups excluding carboxylic acids is 1. The number of rotatable bonds is 5. The fourth-order valence-electron chi connectivity index (χ4n) is 1.65. The summed E-state index contributed by atoms with van der Waals surface area (Å²) >= 11 is 0. The normalized spacial score (nSPS) is 14.0. The summed E-state index contributed by atoms with van der Waals surface area (Å²) in [5.74, 6) is 1.01. The van der Waals surface area contributed by atoms with E-state index in [0.717, 1.165) is 0 Å². The van der Waals surface area contributed by atoms with Gasteiger partial charge in [0, 0.05) is 6.42 Å². The van der Waals surface area contributed by atoms with Gasteiger partial charge in [-0.05, 0) is 19.1 Å². The molecule has 0 aliphatic rings. The van der Waals surface area contributed by atoms with Gasteiger partial charge in [0.1, 0.15) is 23.4 Å². The van der Waals surface area contributed by atoms with Gasteiger partial charge in [-0.15, -0.1) is 0 Å². The van der Waals surface area contributed by atoms with Crippen molar-refractivity contribution in [1.82, 2.24) is 0 Å². The largest absolute Gasteiger partial charge is 0.496 e. The first-order valence-corrected chi connectivity index (χ1v) is 4.94. The second-order valence-corrected chi connectivity index (χ2v) is 3.68. The second kappa shape index (κ2) is 4.99. The summed E-state index contributed by atoms with van der Waals surface area (Å²) in [5, 5.41) is 10.2. The van der Waals surface area contributed by atoms with Crippen LogP contribution in [0.1, 0.15) is 18.9 Å². The van der Waals surface area contributed by atoms with Crippen molar-refractivity contribution in [2.24, 2.45) is 0 Å². The minimum atomic E-state index is -1.29. The highest BCUT2D eigenvalue weighted by molar-refractivity contribution is 5.56. The molecule has 0 amide bonds. The quantitative estimate of drug-likeness (QED) is 0.770. The molecule has 4 heteroatoms. The molecule has 1 aromatic rings. The van der Waals surface area contributed by atoms with Gasteiger partial charge < -0.3 is 19.4 Å². The maximum atomic E-state index is 10.6. The summed E-state index contributed by atoms with van der Waals surface area (Å²) < 4.78 is 10.3. The lowest BCUT2D eigenvalue weighted by atomic mass is 9.91. The summed E-state index contributed by atoms with van der Waals surface area (Å²) in [6, 6.07) is 5.20. The topological polar surface area (TPSA) is 55.8 Å². The predicted octanol–water partition coefficient (Wildman–Crippen LogP) is 1.50. The smallest absolute Gasteiger partial charge is 0.128 e. The van der Waals surface area contributed by atoms with Crippen molar-refractivity contribution in [3.05, 3.63) is 23.8 Å². The van der Waals surface area contributed by atoms with Crippen LogP contribution in [0, 0.1) is 0 Å². The molecule has 0 heterocycles. The maximum absolute atomic E-state index is 10.6. The Morgan fingerprint density at radius 1 is 1.31 bits per heavy atom. The van der Waals surface area contributed by atoms with Gasteiger partial charge in [-0.25, -0.2) is 0 Å². The van der Waals surface area contributed by atoms with E-state index in [4.69, 9.17) is 9.47 Å². The molecule has 0 aromatic heterocycles. The van der Waals surface area contributed by atoms with E-state index in [1.165, 1.54) is 14.2 Å². The maximum Gasteiger partial charge on any atom is 0.128 e. The molecule has 0 aliphatic carbocycles. The van der Waals surface area contributed by atoms with Gasteiger partial charge >= 0.3 is 0 Å². The van der Waals surface area contributed by atoms with Crippen LogP contribution in [0.5, 0.6) is 11.5 Å². The van der Waals surface area contributed by atoms with Crippen LogP contribution in [-0.2, 0) is 10.4 Å². The Labute approximate surface area is 94.8 Å². The van der Waals surface area contributed by atoms with Crippen molar-refractivity contribution in [3.63, 3.8) is 0 Å². The summed E-state index contributed by atoms with van der Waals surface area (Å²) in [7, 11) is 3.02. The first-order chi connectivity index (χ1) is 7.56. The van der Waals surface area contributed by atoms with Crippen molar-refractivity contribution >= 4 is 6.29 Å². The van der Waals surface area contributed by atoms with Crippen LogP contribution in [0.15, 0.2) is 18.2 Å². The molecular formula is C12H16O4. The molecule has 16 heavy (non-hydrogen) atoms. The average molecular weight is 224 g/mol. The van der Waals surface area contributed by atoms with Gasteiger partial charge in [-0.3, -0.25) is 0 Å². The lowest BCUT2D eigenvalue weighted by Crippen LogP contribution is -2.23. The number of carbonyl (C=O) groups is 1. The molecular weight excluding hydrogens is 208 g/mol. The molecule has 1 N–H and O–H groups in total. The Morgan fingerprint density at radius 3 is 2.19 bits per heavy atom. The van der Waals surface area contributed by atoms with Gasteiger partial charge in [-0.2, -0.15) is 0 Å². The minimum absolute atomic E-state index is 0.0102. The number of ether oxygens (including phenoxy) is 2. The first-order valence-electron chi connectivity index (χ1n) is 4.94. The lowest BCUT2D eigenvalue weighted by Gasteiger charge is -2.25. The average Bonchev–Trinajstić information content (AvgIpc) is 2.27. The fraction of sp³-hybridized carbons (Fsp3) is 0.417. The molecule has 88 valence electrons. The molecule has 0 radical (unpaired) electrons. The number of aldehydes is 1. The summed E-state index contributed by atoms with van der Waals surface area (Å²) in [4.78, 5) is 10.6. The van der Waals surface area contributed by atoms with Crippen molar-refractivity contribution in [1.29, 1.82) is 0 Å². The molecule has 0 saturated heterocycles. The van der Waals surface area contributed by atoms with Gasteiger partial charge in [0.15, 0.2) is 0 Å². The van der Waals surface area contributed by atoms with E-state index in [0.29, 0.717) is 23.3 Å². The van der Waals surface area contributed by atoms with Crippen LogP contribution in [0.25, 0.3) is 0 Å².